The first-order valence-electron chi connectivity index (χ1n) is 17.5. The van der Waals surface area contributed by atoms with E-state index in [4.69, 9.17) is 37.9 Å². The van der Waals surface area contributed by atoms with Crippen molar-refractivity contribution in [2.45, 2.75) is 126 Å². The van der Waals surface area contributed by atoms with Gasteiger partial charge in [0.1, 0.15) is 48.8 Å². The third kappa shape index (κ3) is 16.8. The van der Waals surface area contributed by atoms with E-state index in [0.717, 1.165) is 18.8 Å². The van der Waals surface area contributed by atoms with E-state index in [9.17, 15) is 35.7 Å². The Kier molecular flexibility index (Phi) is 25.1. The van der Waals surface area contributed by atoms with Crippen LogP contribution in [-0.4, -0.2) is 176 Å². The van der Waals surface area contributed by atoms with Crippen molar-refractivity contribution in [1.82, 2.24) is 0 Å². The Bertz CT molecular complexity index is 754. The first-order valence-corrected chi connectivity index (χ1v) is 18.1. The lowest BCUT2D eigenvalue weighted by Crippen LogP contribution is -2.64. The molecule has 286 valence electrons. The van der Waals surface area contributed by atoms with Crippen LogP contribution in [0.1, 0.15) is 64.2 Å². The topological polar surface area (TPSA) is 215 Å². The van der Waals surface area contributed by atoms with Crippen LogP contribution in [0.4, 0.5) is 0 Å². The molecule has 0 aromatic heterocycles. The van der Waals surface area contributed by atoms with E-state index in [-0.39, 0.29) is 13.2 Å². The monoisotopic (exact) mass is 718 g/mol. The molecule has 0 radical (unpaired) electrons. The average Bonchev–Trinajstić information content (AvgIpc) is 3.09. The lowest BCUT2D eigenvalue weighted by molar-refractivity contribution is -0.359. The summed E-state index contributed by atoms with van der Waals surface area (Å²) in [5.74, 6) is 1.00. The third-order valence-corrected chi connectivity index (χ3v) is 8.60. The largest absolute Gasteiger partial charge is 0.394 e. The highest BCUT2D eigenvalue weighted by Crippen LogP contribution is 2.29. The number of rotatable bonds is 29. The van der Waals surface area contributed by atoms with Gasteiger partial charge in [0.15, 0.2) is 12.6 Å². The maximum absolute atomic E-state index is 10.6. The summed E-state index contributed by atoms with van der Waals surface area (Å²) in [6.45, 7) is 2.20. The molecule has 10 atom stereocenters. The van der Waals surface area contributed by atoms with Gasteiger partial charge in [0.25, 0.3) is 0 Å². The van der Waals surface area contributed by atoms with E-state index in [1.807, 2.05) is 0 Å². The maximum Gasteiger partial charge on any atom is 0.187 e. The minimum atomic E-state index is -1.73. The third-order valence-electron chi connectivity index (χ3n) is 8.28. The van der Waals surface area contributed by atoms with Gasteiger partial charge < -0.3 is 73.6 Å². The molecule has 16 heteroatoms. The molecule has 2 heterocycles. The normalized spacial score (nSPS) is 31.0. The Hall–Kier alpha value is -0.250. The highest BCUT2D eigenvalue weighted by Gasteiger charge is 2.50. The quantitative estimate of drug-likeness (QED) is 0.0362. The summed E-state index contributed by atoms with van der Waals surface area (Å²) < 4.78 is 43.9. The molecule has 2 aliphatic rings. The first-order chi connectivity index (χ1) is 23.3. The van der Waals surface area contributed by atoms with Crippen LogP contribution in [0.2, 0.25) is 0 Å². The van der Waals surface area contributed by atoms with Gasteiger partial charge in [-0.15, -0.1) is 0 Å². The minimum absolute atomic E-state index is 0.00512. The number of hydrogen-bond donors (Lipinski definition) is 8. The van der Waals surface area contributed by atoms with E-state index in [1.165, 1.54) is 57.8 Å². The molecule has 15 nitrogen and oxygen atoms in total. The van der Waals surface area contributed by atoms with Crippen LogP contribution >= 0.6 is 12.6 Å². The van der Waals surface area contributed by atoms with E-state index in [2.05, 4.69) is 12.6 Å². The fourth-order valence-corrected chi connectivity index (χ4v) is 5.63. The number of ether oxygens (including phenoxy) is 8. The standard InChI is InChI=1S/C32H62O15S/c33-21-23-25(35)26(36)28(38)32(45-23)47-30-24(22-34)46-31(29(39)27(30)37)44-19-18-43-17-16-42-15-14-41-13-12-40-11-9-7-5-3-1-2-4-6-8-10-20-48/h23-39,48H,1-22H2/t23-,24-,25+,26+,27-,28-,29-,30-,31-,32+/m1/s1. The van der Waals surface area contributed by atoms with Crippen LogP contribution in [0.25, 0.3) is 0 Å². The molecule has 0 unspecified atom stereocenters. The van der Waals surface area contributed by atoms with Gasteiger partial charge in [0.2, 0.25) is 0 Å². The van der Waals surface area contributed by atoms with Crippen LogP contribution in [0, 0.1) is 0 Å². The van der Waals surface area contributed by atoms with E-state index < -0.39 is 74.6 Å². The predicted octanol–water partition coefficient (Wildman–Crippen LogP) is -0.476. The number of aliphatic hydroxyl groups excluding tert-OH is 7. The summed E-state index contributed by atoms with van der Waals surface area (Å²) in [4.78, 5) is 0. The van der Waals surface area contributed by atoms with Crippen LogP contribution < -0.4 is 0 Å². The van der Waals surface area contributed by atoms with Gasteiger partial charge in [-0.2, -0.15) is 12.6 Å². The zero-order valence-corrected chi connectivity index (χ0v) is 29.1. The van der Waals surface area contributed by atoms with Crippen molar-refractivity contribution in [1.29, 1.82) is 0 Å². The molecule has 0 amide bonds. The molecule has 2 fully saturated rings. The highest BCUT2D eigenvalue weighted by molar-refractivity contribution is 7.80. The van der Waals surface area contributed by atoms with Gasteiger partial charge in [-0.3, -0.25) is 0 Å². The summed E-state index contributed by atoms with van der Waals surface area (Å²) in [5, 5.41) is 70.4. The Morgan fingerprint density at radius 1 is 0.438 bits per heavy atom. The second-order valence-electron chi connectivity index (χ2n) is 12.1. The average molecular weight is 719 g/mol. The van der Waals surface area contributed by atoms with Crippen molar-refractivity contribution >= 4 is 12.6 Å². The van der Waals surface area contributed by atoms with Crippen molar-refractivity contribution in [3.05, 3.63) is 0 Å². The van der Waals surface area contributed by atoms with Crippen molar-refractivity contribution in [2.75, 3.05) is 78.4 Å². The smallest absolute Gasteiger partial charge is 0.187 e. The van der Waals surface area contributed by atoms with Crippen LogP contribution in [0.3, 0.4) is 0 Å². The number of hydrogen-bond acceptors (Lipinski definition) is 16. The minimum Gasteiger partial charge on any atom is -0.394 e. The van der Waals surface area contributed by atoms with Crippen molar-refractivity contribution in [2.24, 2.45) is 0 Å². The van der Waals surface area contributed by atoms with Gasteiger partial charge in [-0.25, -0.2) is 0 Å². The second kappa shape index (κ2) is 27.4. The lowest BCUT2D eigenvalue weighted by atomic mass is 9.97. The van der Waals surface area contributed by atoms with Crippen LogP contribution in [0.5, 0.6) is 0 Å². The van der Waals surface area contributed by atoms with Gasteiger partial charge in [0, 0.05) is 6.61 Å². The number of aliphatic hydroxyl groups is 7. The van der Waals surface area contributed by atoms with Crippen LogP contribution in [-0.2, 0) is 37.9 Å². The molecule has 2 rings (SSSR count). The maximum atomic E-state index is 10.6. The number of thiol groups is 1. The molecule has 0 aromatic rings. The lowest BCUT2D eigenvalue weighted by Gasteiger charge is -2.45. The molecular weight excluding hydrogens is 656 g/mol. The van der Waals surface area contributed by atoms with Gasteiger partial charge in [-0.1, -0.05) is 51.4 Å². The summed E-state index contributed by atoms with van der Waals surface area (Å²) in [6, 6.07) is 0. The van der Waals surface area contributed by atoms with Crippen molar-refractivity contribution < 1.29 is 73.6 Å². The fourth-order valence-electron chi connectivity index (χ4n) is 5.41. The molecule has 0 saturated carbocycles. The molecule has 2 saturated heterocycles. The number of unbranched alkanes of at least 4 members (excludes halogenated alkanes) is 9. The van der Waals surface area contributed by atoms with E-state index in [1.54, 1.807) is 0 Å². The molecule has 0 aromatic carbocycles. The Balaban J connectivity index is 1.42. The molecule has 48 heavy (non-hydrogen) atoms. The fraction of sp³-hybridized carbons (Fsp3) is 1.00. The van der Waals surface area contributed by atoms with E-state index >= 15 is 0 Å². The van der Waals surface area contributed by atoms with Gasteiger partial charge in [-0.05, 0) is 18.6 Å². The predicted molar refractivity (Wildman–Crippen MR) is 176 cm³/mol. The molecule has 0 spiro atoms. The molecule has 0 aliphatic carbocycles. The Morgan fingerprint density at radius 2 is 0.875 bits per heavy atom. The Labute approximate surface area is 290 Å². The Morgan fingerprint density at radius 3 is 1.40 bits per heavy atom. The molecule has 7 N–H and O–H groups in total. The van der Waals surface area contributed by atoms with Gasteiger partial charge in [0.05, 0.1) is 66.1 Å². The van der Waals surface area contributed by atoms with Crippen LogP contribution in [0.15, 0.2) is 0 Å². The highest BCUT2D eigenvalue weighted by atomic mass is 32.1. The first kappa shape index (κ1) is 43.9. The van der Waals surface area contributed by atoms with E-state index in [0.29, 0.717) is 39.6 Å². The summed E-state index contributed by atoms with van der Waals surface area (Å²) in [7, 11) is 0. The second-order valence-corrected chi connectivity index (χ2v) is 12.5. The summed E-state index contributed by atoms with van der Waals surface area (Å²) in [6.07, 6.45) is -2.23. The van der Waals surface area contributed by atoms with Crippen molar-refractivity contribution in [3.8, 4) is 0 Å². The summed E-state index contributed by atoms with van der Waals surface area (Å²) in [5.41, 5.74) is 0. The zero-order valence-electron chi connectivity index (χ0n) is 28.2. The molecule has 2 aliphatic heterocycles. The summed E-state index contributed by atoms with van der Waals surface area (Å²) >= 11 is 4.24. The zero-order chi connectivity index (χ0) is 35.0. The molecule has 0 bridgehead atoms. The SMILES string of the molecule is OC[C@H]1O[C@@H](O[C@H]2[C@H](O)[C@@H](O)[C@H](OCCOCCOCCOCCOCCCCCCCCCCCCS)O[C@@H]2CO)[C@H](O)[C@@H](O)[C@H]1O. The van der Waals surface area contributed by atoms with Crippen molar-refractivity contribution in [3.63, 3.8) is 0 Å². The molecular formula is C32H62O15S. The van der Waals surface area contributed by atoms with Gasteiger partial charge >= 0.3 is 0 Å².